The Morgan fingerprint density at radius 2 is 1.92 bits per heavy atom. The van der Waals surface area contributed by atoms with E-state index in [1.54, 1.807) is 36.6 Å². The van der Waals surface area contributed by atoms with E-state index in [-0.39, 0.29) is 5.88 Å². The first kappa shape index (κ1) is 17.8. The van der Waals surface area contributed by atoms with Crippen LogP contribution in [-0.2, 0) is 16.2 Å². The van der Waals surface area contributed by atoms with Crippen molar-refractivity contribution in [3.63, 3.8) is 0 Å². The average molecular weight is 346 g/mol. The quantitative estimate of drug-likeness (QED) is 0.467. The van der Waals surface area contributed by atoms with Crippen molar-refractivity contribution in [1.82, 2.24) is 0 Å². The van der Waals surface area contributed by atoms with Gasteiger partial charge in [0.05, 0.1) is 18.5 Å². The minimum absolute atomic E-state index is 0.280. The Labute approximate surface area is 146 Å². The van der Waals surface area contributed by atoms with Gasteiger partial charge >= 0.3 is 0 Å². The van der Waals surface area contributed by atoms with Gasteiger partial charge in [-0.1, -0.05) is 29.8 Å². The number of hydrogen-bond donors (Lipinski definition) is 1. The van der Waals surface area contributed by atoms with Crippen LogP contribution in [0, 0.1) is 0 Å². The van der Waals surface area contributed by atoms with Gasteiger partial charge in [-0.05, 0) is 30.3 Å². The van der Waals surface area contributed by atoms with Crippen LogP contribution < -0.4 is 10.8 Å². The molecule has 126 valence electrons. The van der Waals surface area contributed by atoms with Gasteiger partial charge in [0, 0.05) is 29.9 Å². The minimum atomic E-state index is 0.280. The van der Waals surface area contributed by atoms with Crippen molar-refractivity contribution in [1.29, 1.82) is 0 Å². The molecule has 0 aliphatic heterocycles. The number of nitrogens with two attached hydrogens (primary N) is 1. The predicted octanol–water partition coefficient (Wildman–Crippen LogP) is 4.06. The summed E-state index contributed by atoms with van der Waals surface area (Å²) in [5.41, 5.74) is 8.52. The number of hydrogen-bond acceptors (Lipinski definition) is 5. The lowest BCUT2D eigenvalue weighted by molar-refractivity contribution is 0.176. The van der Waals surface area contributed by atoms with E-state index in [0.29, 0.717) is 11.6 Å². The molecule has 0 aliphatic carbocycles. The first-order chi connectivity index (χ1) is 11.6. The summed E-state index contributed by atoms with van der Waals surface area (Å²) in [5.74, 6) is 0.280. The highest BCUT2D eigenvalue weighted by atomic mass is 35.5. The molecule has 2 aromatic rings. The Kier molecular flexibility index (Phi) is 6.66. The Balaban J connectivity index is 1.95. The number of halogens is 1. The molecule has 0 bridgehead atoms. The lowest BCUT2D eigenvalue weighted by atomic mass is 10.2. The standard InChI is InChI=1S/C18H20ClN3O2/c1-22(23-2)17-6-4-3-5-14(17)13-24-18(20)11-12-21-16-9-7-15(19)8-10-16/h3-12H,13,20H2,1-2H3. The van der Waals surface area contributed by atoms with Gasteiger partial charge in [0.15, 0.2) is 5.88 Å². The highest BCUT2D eigenvalue weighted by Crippen LogP contribution is 2.20. The third-order valence-corrected chi connectivity index (χ3v) is 3.54. The number of rotatable bonds is 7. The first-order valence-corrected chi connectivity index (χ1v) is 7.72. The fourth-order valence-electron chi connectivity index (χ4n) is 1.97. The molecular weight excluding hydrogens is 326 g/mol. The van der Waals surface area contributed by atoms with E-state index in [9.17, 15) is 0 Å². The lowest BCUT2D eigenvalue weighted by Crippen LogP contribution is -2.17. The molecule has 5 nitrogen and oxygen atoms in total. The van der Waals surface area contributed by atoms with Crippen LogP contribution in [0.3, 0.4) is 0 Å². The second kappa shape index (κ2) is 8.96. The van der Waals surface area contributed by atoms with Crippen molar-refractivity contribution in [2.24, 2.45) is 10.7 Å². The summed E-state index contributed by atoms with van der Waals surface area (Å²) in [4.78, 5) is 9.46. The van der Waals surface area contributed by atoms with Crippen LogP contribution in [0.5, 0.6) is 0 Å². The first-order valence-electron chi connectivity index (χ1n) is 7.34. The van der Waals surface area contributed by atoms with Gasteiger partial charge in [0.2, 0.25) is 0 Å². The molecule has 6 heteroatoms. The van der Waals surface area contributed by atoms with Gasteiger partial charge < -0.3 is 10.5 Å². The smallest absolute Gasteiger partial charge is 0.185 e. The summed E-state index contributed by atoms with van der Waals surface area (Å²) < 4.78 is 5.56. The number of aliphatic imine (C=N–C) groups is 1. The Morgan fingerprint density at radius 1 is 1.21 bits per heavy atom. The second-order valence-corrected chi connectivity index (χ2v) is 5.36. The molecule has 2 N–H and O–H groups in total. The fraction of sp³-hybridized carbons (Fsp3) is 0.167. The van der Waals surface area contributed by atoms with Gasteiger partial charge in [-0.2, -0.15) is 0 Å². The van der Waals surface area contributed by atoms with Crippen molar-refractivity contribution in [3.8, 4) is 0 Å². The van der Waals surface area contributed by atoms with Crippen molar-refractivity contribution in [2.45, 2.75) is 6.61 Å². The van der Waals surface area contributed by atoms with Crippen LogP contribution in [-0.4, -0.2) is 20.4 Å². The molecule has 2 rings (SSSR count). The number of nitrogens with zero attached hydrogens (tertiary/aromatic N) is 2. The van der Waals surface area contributed by atoms with E-state index < -0.39 is 0 Å². The summed E-state index contributed by atoms with van der Waals surface area (Å²) in [6.45, 7) is 0.334. The maximum atomic E-state index is 5.85. The second-order valence-electron chi connectivity index (χ2n) is 4.92. The maximum Gasteiger partial charge on any atom is 0.185 e. The summed E-state index contributed by atoms with van der Waals surface area (Å²) in [6, 6.07) is 15.0. The molecule has 0 atom stereocenters. The summed E-state index contributed by atoms with van der Waals surface area (Å²) in [7, 11) is 3.44. The molecule has 2 aromatic carbocycles. The Bertz CT molecular complexity index is 714. The molecule has 0 unspecified atom stereocenters. The van der Waals surface area contributed by atoms with Crippen molar-refractivity contribution in [2.75, 3.05) is 19.2 Å². The lowest BCUT2D eigenvalue weighted by Gasteiger charge is -2.19. The predicted molar refractivity (Wildman–Crippen MR) is 98.5 cm³/mol. The van der Waals surface area contributed by atoms with Crippen LogP contribution in [0.25, 0.3) is 0 Å². The molecule has 0 fully saturated rings. The zero-order chi connectivity index (χ0) is 17.4. The average Bonchev–Trinajstić information content (AvgIpc) is 2.61. The van der Waals surface area contributed by atoms with Gasteiger partial charge in [0.1, 0.15) is 6.61 Å². The highest BCUT2D eigenvalue weighted by Gasteiger charge is 2.06. The number of para-hydroxylation sites is 1. The number of hydroxylamine groups is 1. The SMILES string of the molecule is CON(C)c1ccccc1COC(N)=CC=Nc1ccc(Cl)cc1. The van der Waals surface area contributed by atoms with E-state index in [0.717, 1.165) is 16.9 Å². The minimum Gasteiger partial charge on any atom is -0.474 e. The number of benzene rings is 2. The zero-order valence-electron chi connectivity index (χ0n) is 13.6. The van der Waals surface area contributed by atoms with Gasteiger partial charge in [-0.3, -0.25) is 14.9 Å². The number of ether oxygens (including phenoxy) is 1. The van der Waals surface area contributed by atoms with E-state index >= 15 is 0 Å². The van der Waals surface area contributed by atoms with E-state index in [4.69, 9.17) is 26.9 Å². The van der Waals surface area contributed by atoms with Crippen LogP contribution in [0.1, 0.15) is 5.56 Å². The van der Waals surface area contributed by atoms with E-state index in [1.165, 1.54) is 0 Å². The molecule has 0 spiro atoms. The Hall–Kier alpha value is -2.50. The molecule has 24 heavy (non-hydrogen) atoms. The normalized spacial score (nSPS) is 11.7. The highest BCUT2D eigenvalue weighted by molar-refractivity contribution is 6.30. The van der Waals surface area contributed by atoms with Crippen LogP contribution >= 0.6 is 11.6 Å². The largest absolute Gasteiger partial charge is 0.474 e. The summed E-state index contributed by atoms with van der Waals surface area (Å²) in [5, 5.41) is 2.34. The fourth-order valence-corrected chi connectivity index (χ4v) is 2.10. The maximum absolute atomic E-state index is 5.85. The molecular formula is C18H20ClN3O2. The third kappa shape index (κ3) is 5.30. The third-order valence-electron chi connectivity index (χ3n) is 3.29. The van der Waals surface area contributed by atoms with Crippen LogP contribution in [0.4, 0.5) is 11.4 Å². The van der Waals surface area contributed by atoms with E-state index in [1.807, 2.05) is 43.4 Å². The molecule has 0 heterocycles. The monoisotopic (exact) mass is 345 g/mol. The van der Waals surface area contributed by atoms with Gasteiger partial charge in [-0.25, -0.2) is 0 Å². The van der Waals surface area contributed by atoms with Crippen LogP contribution in [0.2, 0.25) is 5.02 Å². The van der Waals surface area contributed by atoms with Crippen molar-refractivity contribution >= 4 is 29.2 Å². The molecule has 0 amide bonds. The summed E-state index contributed by atoms with van der Waals surface area (Å²) in [6.07, 6.45) is 3.20. The molecule has 0 aliphatic rings. The zero-order valence-corrected chi connectivity index (χ0v) is 14.4. The number of allylic oxidation sites excluding steroid dienone is 1. The Morgan fingerprint density at radius 3 is 2.62 bits per heavy atom. The number of anilines is 1. The molecule has 0 radical (unpaired) electrons. The molecule has 0 saturated heterocycles. The topological polar surface area (TPSA) is 60.1 Å². The molecule has 0 aromatic heterocycles. The summed E-state index contributed by atoms with van der Waals surface area (Å²) >= 11 is 5.82. The van der Waals surface area contributed by atoms with Gasteiger partial charge in [0.25, 0.3) is 0 Å². The van der Waals surface area contributed by atoms with Gasteiger partial charge in [-0.15, -0.1) is 0 Å². The van der Waals surface area contributed by atoms with E-state index in [2.05, 4.69) is 4.99 Å². The van der Waals surface area contributed by atoms with Crippen molar-refractivity contribution in [3.05, 3.63) is 71.1 Å². The van der Waals surface area contributed by atoms with Crippen LogP contribution in [0.15, 0.2) is 65.5 Å². The molecule has 0 saturated carbocycles. The van der Waals surface area contributed by atoms with Crippen molar-refractivity contribution < 1.29 is 9.57 Å².